The second-order valence-electron chi connectivity index (χ2n) is 15.6. The van der Waals surface area contributed by atoms with Crippen LogP contribution in [0.2, 0.25) is 0 Å². The van der Waals surface area contributed by atoms with Gasteiger partial charge in [0.1, 0.15) is 6.10 Å². The monoisotopic (exact) mass is 472 g/mol. The molecule has 12 atom stereocenters. The maximum Gasteiger partial charge on any atom is 0.199 e. The number of hydrogen-bond donors (Lipinski definition) is 2. The second-order valence-corrected chi connectivity index (χ2v) is 15.6. The largest absolute Gasteiger partial charge is 0.393 e. The first-order valence-electron chi connectivity index (χ1n) is 14.5. The predicted molar refractivity (Wildman–Crippen MR) is 131 cm³/mol. The zero-order chi connectivity index (χ0) is 24.3. The summed E-state index contributed by atoms with van der Waals surface area (Å²) in [5, 5.41) is 23.4. The molecule has 0 radical (unpaired) electrons. The lowest BCUT2D eigenvalue weighted by atomic mass is 9.41. The van der Waals surface area contributed by atoms with Crippen molar-refractivity contribution in [2.24, 2.45) is 56.7 Å². The first-order valence-corrected chi connectivity index (χ1v) is 14.5. The van der Waals surface area contributed by atoms with E-state index in [0.29, 0.717) is 41.1 Å². The normalized spacial score (nSPS) is 65.1. The molecule has 0 unspecified atom stereocenters. The summed E-state index contributed by atoms with van der Waals surface area (Å²) in [6.45, 7) is 17.2. The maximum atomic E-state index is 12.5. The molecule has 2 bridgehead atoms. The Morgan fingerprint density at radius 3 is 2.26 bits per heavy atom. The first kappa shape index (κ1) is 23.0. The van der Waals surface area contributed by atoms with Crippen molar-refractivity contribution in [2.75, 3.05) is 6.61 Å². The Balaban J connectivity index is 1.33. The lowest BCUT2D eigenvalue weighted by Crippen LogP contribution is -2.60. The zero-order valence-corrected chi connectivity index (χ0v) is 22.6. The van der Waals surface area contributed by atoms with E-state index in [4.69, 9.17) is 9.47 Å². The molecular weight excluding hydrogens is 424 g/mol. The van der Waals surface area contributed by atoms with E-state index >= 15 is 0 Å². The van der Waals surface area contributed by atoms with E-state index in [1.54, 1.807) is 0 Å². The molecule has 7 rings (SSSR count). The van der Waals surface area contributed by atoms with Crippen LogP contribution in [0.1, 0.15) is 99.8 Å². The van der Waals surface area contributed by atoms with Crippen LogP contribution in [0.15, 0.2) is 0 Å². The van der Waals surface area contributed by atoms with Crippen LogP contribution in [0, 0.1) is 56.7 Å². The van der Waals surface area contributed by atoms with Gasteiger partial charge in [-0.25, -0.2) is 0 Å². The van der Waals surface area contributed by atoms with Crippen LogP contribution >= 0.6 is 0 Å². The van der Waals surface area contributed by atoms with Crippen molar-refractivity contribution in [2.45, 2.75) is 123 Å². The van der Waals surface area contributed by atoms with Gasteiger partial charge in [0.2, 0.25) is 0 Å². The molecule has 5 saturated carbocycles. The Morgan fingerprint density at radius 1 is 0.882 bits per heavy atom. The maximum absolute atomic E-state index is 12.5. The first-order chi connectivity index (χ1) is 15.8. The van der Waals surface area contributed by atoms with Crippen molar-refractivity contribution < 1.29 is 19.7 Å². The van der Waals surface area contributed by atoms with E-state index in [-0.39, 0.29) is 33.9 Å². The molecule has 0 aromatic carbocycles. The van der Waals surface area contributed by atoms with Gasteiger partial charge in [-0.1, -0.05) is 48.5 Å². The highest BCUT2D eigenvalue weighted by Crippen LogP contribution is 2.90. The molecule has 0 amide bonds. The molecule has 4 heteroatoms. The molecule has 0 aromatic heterocycles. The number of ether oxygens (including phenoxy) is 2. The quantitative estimate of drug-likeness (QED) is 0.526. The van der Waals surface area contributed by atoms with Crippen molar-refractivity contribution in [1.82, 2.24) is 0 Å². The van der Waals surface area contributed by atoms with Crippen molar-refractivity contribution in [3.05, 3.63) is 0 Å². The van der Waals surface area contributed by atoms with Crippen LogP contribution in [-0.2, 0) is 9.47 Å². The smallest absolute Gasteiger partial charge is 0.199 e. The van der Waals surface area contributed by atoms with Crippen molar-refractivity contribution >= 4 is 0 Å². The van der Waals surface area contributed by atoms with Gasteiger partial charge in [-0.05, 0) is 96.7 Å². The zero-order valence-electron chi connectivity index (χ0n) is 22.6. The number of fused-ring (bicyclic) bond motifs is 4. The van der Waals surface area contributed by atoms with E-state index < -0.39 is 11.9 Å². The van der Waals surface area contributed by atoms with Gasteiger partial charge in [0.05, 0.1) is 18.3 Å². The average molecular weight is 473 g/mol. The Morgan fingerprint density at radius 2 is 1.56 bits per heavy atom. The summed E-state index contributed by atoms with van der Waals surface area (Å²) in [7, 11) is 0. The van der Waals surface area contributed by atoms with Crippen molar-refractivity contribution in [3.8, 4) is 0 Å². The fourth-order valence-corrected chi connectivity index (χ4v) is 12.7. The highest BCUT2D eigenvalue weighted by molar-refractivity contribution is 5.34. The highest BCUT2D eigenvalue weighted by Gasteiger charge is 2.88. The van der Waals surface area contributed by atoms with Gasteiger partial charge >= 0.3 is 0 Å². The Kier molecular flexibility index (Phi) is 4.13. The summed E-state index contributed by atoms with van der Waals surface area (Å²) >= 11 is 0. The van der Waals surface area contributed by atoms with E-state index in [0.717, 1.165) is 12.8 Å². The van der Waals surface area contributed by atoms with Gasteiger partial charge in [0.15, 0.2) is 5.79 Å². The number of hydrogen-bond acceptors (Lipinski definition) is 4. The third kappa shape index (κ3) is 2.04. The minimum atomic E-state index is -0.835. The van der Waals surface area contributed by atoms with Gasteiger partial charge in [-0.3, -0.25) is 0 Å². The van der Waals surface area contributed by atoms with Gasteiger partial charge in [0.25, 0.3) is 0 Å². The van der Waals surface area contributed by atoms with E-state index in [2.05, 4.69) is 48.5 Å². The summed E-state index contributed by atoms with van der Waals surface area (Å²) in [6.07, 6.45) is 8.57. The highest BCUT2D eigenvalue weighted by atomic mass is 16.8. The standard InChI is InChI=1S/C30H48O4/c1-17(2)29-14-18(3)22-25(6)12-13-28-15-27(28)11-10-21(31)24(4,5)19(27)8-9-20(28)26(25,7)23(32)30(22,34-29)33-16-29/h17-23,31-32H,8-16H2,1-7H3/t18-,19-,20+,21-,22+,23+,25-,26+,27-,28+,29+,30+/m0/s1. The Hall–Kier alpha value is -0.160. The molecule has 2 heterocycles. The molecule has 0 aromatic rings. The van der Waals surface area contributed by atoms with Crippen molar-refractivity contribution in [1.29, 1.82) is 0 Å². The molecule has 7 aliphatic rings. The molecule has 5 aliphatic carbocycles. The number of aliphatic hydroxyl groups is 2. The third-order valence-corrected chi connectivity index (χ3v) is 14.5. The van der Waals surface area contributed by atoms with E-state index in [9.17, 15) is 10.2 Å². The van der Waals surface area contributed by atoms with Crippen LogP contribution < -0.4 is 0 Å². The predicted octanol–water partition coefficient (Wildman–Crippen LogP) is 5.54. The summed E-state index contributed by atoms with van der Waals surface area (Å²) in [4.78, 5) is 0. The van der Waals surface area contributed by atoms with Gasteiger partial charge in [-0.15, -0.1) is 0 Å². The summed E-state index contributed by atoms with van der Waals surface area (Å²) in [5.74, 6) is 1.42. The SMILES string of the molecule is CC(C)[C@@]12CO[C@]3(O1)[C@H](O)[C@@]1(C)[C@H]4CC[C@H]5C(C)(C)[C@@H](O)CC[C@]56C[C@]46CC[C@@]1(C)[C@H]3[C@@H](C)C2. The molecule has 4 nitrogen and oxygen atoms in total. The molecular formula is C30H48O4. The molecule has 2 N–H and O–H groups in total. The molecule has 3 spiro atoms. The van der Waals surface area contributed by atoms with Crippen LogP contribution in [0.25, 0.3) is 0 Å². The van der Waals surface area contributed by atoms with Crippen LogP contribution in [0.3, 0.4) is 0 Å². The minimum Gasteiger partial charge on any atom is -0.393 e. The summed E-state index contributed by atoms with van der Waals surface area (Å²) in [6, 6.07) is 0. The van der Waals surface area contributed by atoms with Gasteiger partial charge in [-0.2, -0.15) is 0 Å². The van der Waals surface area contributed by atoms with Gasteiger partial charge < -0.3 is 19.7 Å². The number of rotatable bonds is 1. The Labute approximate surface area is 206 Å². The van der Waals surface area contributed by atoms with Crippen LogP contribution in [-0.4, -0.2) is 40.4 Å². The third-order valence-electron chi connectivity index (χ3n) is 14.5. The fraction of sp³-hybridized carbons (Fsp3) is 1.00. The van der Waals surface area contributed by atoms with E-state index in [1.165, 1.54) is 38.5 Å². The fourth-order valence-electron chi connectivity index (χ4n) is 12.7. The lowest BCUT2D eigenvalue weighted by molar-refractivity contribution is -0.297. The van der Waals surface area contributed by atoms with E-state index in [1.807, 2.05) is 0 Å². The molecule has 2 aliphatic heterocycles. The number of aliphatic hydroxyl groups excluding tert-OH is 2. The van der Waals surface area contributed by atoms with Gasteiger partial charge in [0, 0.05) is 11.3 Å². The van der Waals surface area contributed by atoms with Crippen molar-refractivity contribution in [3.63, 3.8) is 0 Å². The summed E-state index contributed by atoms with van der Waals surface area (Å²) < 4.78 is 13.8. The summed E-state index contributed by atoms with van der Waals surface area (Å²) in [5.41, 5.74) is 0.281. The lowest BCUT2D eigenvalue weighted by Gasteiger charge is -2.63. The molecule has 192 valence electrons. The second kappa shape index (κ2) is 6.11. The molecule has 2 saturated heterocycles. The topological polar surface area (TPSA) is 58.9 Å². The molecule has 7 fully saturated rings. The van der Waals surface area contributed by atoms with Crippen LogP contribution in [0.5, 0.6) is 0 Å². The Bertz CT molecular complexity index is 931. The average Bonchev–Trinajstić information content (AvgIpc) is 3.29. The minimum absolute atomic E-state index is 0.00159. The van der Waals surface area contributed by atoms with Crippen LogP contribution in [0.4, 0.5) is 0 Å². The molecule has 34 heavy (non-hydrogen) atoms.